The van der Waals surface area contributed by atoms with Gasteiger partial charge in [0, 0.05) is 6.04 Å². The molecule has 0 aliphatic carbocycles. The van der Waals surface area contributed by atoms with Crippen LogP contribution in [0.4, 0.5) is 13.2 Å². The number of alkyl halides is 3. The highest BCUT2D eigenvalue weighted by Crippen LogP contribution is 2.30. The SMILES string of the molecule is CC[C@@H](NN)c1ccc(C(F)(F)F)cc1. The molecule has 0 saturated carbocycles. The molecule has 1 aromatic carbocycles. The fraction of sp³-hybridized carbons (Fsp3) is 0.400. The molecule has 0 saturated heterocycles. The zero-order valence-corrected chi connectivity index (χ0v) is 8.31. The van der Waals surface area contributed by atoms with E-state index in [4.69, 9.17) is 5.84 Å². The normalized spacial score (nSPS) is 13.9. The molecule has 2 nitrogen and oxygen atoms in total. The average Bonchev–Trinajstić information content (AvgIpc) is 2.19. The molecule has 0 radical (unpaired) electrons. The summed E-state index contributed by atoms with van der Waals surface area (Å²) in [4.78, 5) is 0. The lowest BCUT2D eigenvalue weighted by Gasteiger charge is -2.14. The molecule has 0 aromatic heterocycles. The molecule has 1 atom stereocenters. The summed E-state index contributed by atoms with van der Waals surface area (Å²) in [6.07, 6.45) is -3.56. The molecule has 3 N–H and O–H groups in total. The maximum atomic E-state index is 12.2. The summed E-state index contributed by atoms with van der Waals surface area (Å²) in [6, 6.07) is 4.91. The molecule has 84 valence electrons. The Kier molecular flexibility index (Phi) is 3.71. The first-order chi connectivity index (χ1) is 6.99. The molecule has 15 heavy (non-hydrogen) atoms. The highest BCUT2D eigenvalue weighted by Gasteiger charge is 2.30. The maximum absolute atomic E-state index is 12.2. The highest BCUT2D eigenvalue weighted by atomic mass is 19.4. The van der Waals surface area contributed by atoms with Crippen LogP contribution < -0.4 is 11.3 Å². The van der Waals surface area contributed by atoms with Crippen LogP contribution in [-0.4, -0.2) is 0 Å². The van der Waals surface area contributed by atoms with Crippen LogP contribution in [-0.2, 0) is 6.18 Å². The van der Waals surface area contributed by atoms with Crippen molar-refractivity contribution in [2.24, 2.45) is 5.84 Å². The number of benzene rings is 1. The Balaban J connectivity index is 2.89. The number of nitrogens with one attached hydrogen (secondary N) is 1. The van der Waals surface area contributed by atoms with E-state index in [1.165, 1.54) is 12.1 Å². The smallest absolute Gasteiger partial charge is 0.271 e. The largest absolute Gasteiger partial charge is 0.416 e. The lowest BCUT2D eigenvalue weighted by atomic mass is 10.0. The fourth-order valence-electron chi connectivity index (χ4n) is 1.35. The summed E-state index contributed by atoms with van der Waals surface area (Å²) in [5.74, 6) is 5.27. The van der Waals surface area contributed by atoms with Crippen molar-refractivity contribution in [3.8, 4) is 0 Å². The molecule has 0 unspecified atom stereocenters. The van der Waals surface area contributed by atoms with E-state index in [0.717, 1.165) is 24.1 Å². The van der Waals surface area contributed by atoms with Crippen LogP contribution in [0.1, 0.15) is 30.5 Å². The first-order valence-corrected chi connectivity index (χ1v) is 4.62. The van der Waals surface area contributed by atoms with Crippen LogP contribution in [0.3, 0.4) is 0 Å². The lowest BCUT2D eigenvalue weighted by molar-refractivity contribution is -0.137. The van der Waals surface area contributed by atoms with Crippen LogP contribution >= 0.6 is 0 Å². The summed E-state index contributed by atoms with van der Waals surface area (Å²) >= 11 is 0. The Morgan fingerprint density at radius 3 is 2.13 bits per heavy atom. The Bertz CT molecular complexity index is 301. The van der Waals surface area contributed by atoms with E-state index in [9.17, 15) is 13.2 Å². The van der Waals surface area contributed by atoms with E-state index in [2.05, 4.69) is 5.43 Å². The summed E-state index contributed by atoms with van der Waals surface area (Å²) < 4.78 is 36.7. The van der Waals surface area contributed by atoms with Crippen molar-refractivity contribution < 1.29 is 13.2 Å². The van der Waals surface area contributed by atoms with Gasteiger partial charge in [0.15, 0.2) is 0 Å². The van der Waals surface area contributed by atoms with Gasteiger partial charge in [0.25, 0.3) is 0 Å². The van der Waals surface area contributed by atoms with Gasteiger partial charge in [-0.1, -0.05) is 19.1 Å². The van der Waals surface area contributed by atoms with Gasteiger partial charge in [0.05, 0.1) is 5.56 Å². The van der Waals surface area contributed by atoms with E-state index in [1.807, 2.05) is 6.92 Å². The van der Waals surface area contributed by atoms with Gasteiger partial charge in [-0.25, -0.2) is 0 Å². The third-order valence-corrected chi connectivity index (χ3v) is 2.25. The minimum Gasteiger partial charge on any atom is -0.271 e. The molecule has 5 heteroatoms. The van der Waals surface area contributed by atoms with Crippen LogP contribution in [0.5, 0.6) is 0 Å². The quantitative estimate of drug-likeness (QED) is 0.604. The summed E-state index contributed by atoms with van der Waals surface area (Å²) in [5.41, 5.74) is 2.66. The van der Waals surface area contributed by atoms with Crippen molar-refractivity contribution in [1.29, 1.82) is 0 Å². The standard InChI is InChI=1S/C10H13F3N2/c1-2-9(15-14)7-3-5-8(6-4-7)10(11,12)13/h3-6,9,15H,2,14H2,1H3/t9-/m1/s1. The molecule has 0 bridgehead atoms. The van der Waals surface area contributed by atoms with Crippen molar-refractivity contribution in [1.82, 2.24) is 5.43 Å². The second kappa shape index (κ2) is 4.63. The molecule has 0 heterocycles. The van der Waals surface area contributed by atoms with E-state index in [1.54, 1.807) is 0 Å². The third kappa shape index (κ3) is 2.94. The summed E-state index contributed by atoms with van der Waals surface area (Å²) in [7, 11) is 0. The van der Waals surface area contributed by atoms with Crippen molar-refractivity contribution >= 4 is 0 Å². The zero-order valence-electron chi connectivity index (χ0n) is 8.31. The number of hydrazine groups is 1. The highest BCUT2D eigenvalue weighted by molar-refractivity contribution is 5.26. The van der Waals surface area contributed by atoms with Crippen molar-refractivity contribution in [2.45, 2.75) is 25.6 Å². The van der Waals surface area contributed by atoms with Gasteiger partial charge in [-0.05, 0) is 24.1 Å². The Morgan fingerprint density at radius 2 is 1.80 bits per heavy atom. The molecule has 0 aliphatic rings. The van der Waals surface area contributed by atoms with Crippen molar-refractivity contribution in [3.05, 3.63) is 35.4 Å². The lowest BCUT2D eigenvalue weighted by Crippen LogP contribution is -2.27. The molecule has 1 aromatic rings. The minimum atomic E-state index is -4.28. The predicted molar refractivity (Wildman–Crippen MR) is 51.8 cm³/mol. The molecule has 0 fully saturated rings. The van der Waals surface area contributed by atoms with Crippen molar-refractivity contribution in [3.63, 3.8) is 0 Å². The average molecular weight is 218 g/mol. The number of rotatable bonds is 3. The zero-order chi connectivity index (χ0) is 11.5. The van der Waals surface area contributed by atoms with Gasteiger partial charge in [-0.15, -0.1) is 0 Å². The van der Waals surface area contributed by atoms with Crippen LogP contribution in [0.15, 0.2) is 24.3 Å². The van der Waals surface area contributed by atoms with Gasteiger partial charge in [-0.2, -0.15) is 13.2 Å². The number of nitrogens with two attached hydrogens (primary N) is 1. The van der Waals surface area contributed by atoms with E-state index >= 15 is 0 Å². The van der Waals surface area contributed by atoms with Gasteiger partial charge < -0.3 is 0 Å². The second-order valence-corrected chi connectivity index (χ2v) is 3.25. The fourth-order valence-corrected chi connectivity index (χ4v) is 1.35. The molecule has 0 aliphatic heterocycles. The van der Waals surface area contributed by atoms with Crippen LogP contribution in [0, 0.1) is 0 Å². The first kappa shape index (κ1) is 12.0. The van der Waals surface area contributed by atoms with Crippen LogP contribution in [0.25, 0.3) is 0 Å². The molecule has 0 amide bonds. The molecule has 1 rings (SSSR count). The Labute approximate surface area is 86.2 Å². The van der Waals surface area contributed by atoms with Crippen molar-refractivity contribution in [2.75, 3.05) is 0 Å². The maximum Gasteiger partial charge on any atom is 0.416 e. The van der Waals surface area contributed by atoms with E-state index in [-0.39, 0.29) is 6.04 Å². The Hall–Kier alpha value is -1.07. The number of halogens is 3. The molecule has 0 spiro atoms. The minimum absolute atomic E-state index is 0.104. The van der Waals surface area contributed by atoms with Gasteiger partial charge in [-0.3, -0.25) is 11.3 Å². The number of hydrogen-bond acceptors (Lipinski definition) is 2. The van der Waals surface area contributed by atoms with E-state index in [0.29, 0.717) is 0 Å². The van der Waals surface area contributed by atoms with Gasteiger partial charge >= 0.3 is 6.18 Å². The van der Waals surface area contributed by atoms with E-state index < -0.39 is 11.7 Å². The first-order valence-electron chi connectivity index (χ1n) is 4.62. The topological polar surface area (TPSA) is 38.0 Å². The summed E-state index contributed by atoms with van der Waals surface area (Å²) in [5, 5.41) is 0. The second-order valence-electron chi connectivity index (χ2n) is 3.25. The Morgan fingerprint density at radius 1 is 1.27 bits per heavy atom. The molecular weight excluding hydrogens is 205 g/mol. The van der Waals surface area contributed by atoms with Gasteiger partial charge in [0.2, 0.25) is 0 Å². The van der Waals surface area contributed by atoms with Gasteiger partial charge in [0.1, 0.15) is 0 Å². The number of hydrogen-bond donors (Lipinski definition) is 2. The predicted octanol–water partition coefficient (Wildman–Crippen LogP) is 2.62. The van der Waals surface area contributed by atoms with Crippen LogP contribution in [0.2, 0.25) is 0 Å². The molecular formula is C10H13F3N2. The summed E-state index contributed by atoms with van der Waals surface area (Å²) in [6.45, 7) is 1.90. The third-order valence-electron chi connectivity index (χ3n) is 2.25. The monoisotopic (exact) mass is 218 g/mol.